The fourth-order valence-electron chi connectivity index (χ4n) is 9.55. The number of likely N-dealkylation sites (tertiary alicyclic amines) is 1. The van der Waals surface area contributed by atoms with E-state index in [-0.39, 0.29) is 29.4 Å². The van der Waals surface area contributed by atoms with E-state index in [4.69, 9.17) is 23.3 Å². The number of benzene rings is 4. The van der Waals surface area contributed by atoms with Gasteiger partial charge in [0.25, 0.3) is 5.91 Å². The van der Waals surface area contributed by atoms with Gasteiger partial charge in [0, 0.05) is 82.1 Å². The highest BCUT2D eigenvalue weighted by molar-refractivity contribution is 9.10. The van der Waals surface area contributed by atoms with Crippen molar-refractivity contribution in [2.45, 2.75) is 102 Å². The van der Waals surface area contributed by atoms with Crippen molar-refractivity contribution < 1.29 is 60.5 Å². The largest absolute Gasteiger partial charge is 0.480 e. The van der Waals surface area contributed by atoms with E-state index in [1.165, 1.54) is 25.5 Å². The fourth-order valence-corrected chi connectivity index (χ4v) is 10.2. The van der Waals surface area contributed by atoms with Crippen LogP contribution < -0.4 is 15.5 Å². The topological polar surface area (TPSA) is 166 Å². The number of hydrogen-bond donors (Lipinski definition) is 4. The SMILES string of the molecule is COC(=O)c1c(F)cc(Br)cc1F.C[C@H]1CCCN1.C[C@H]1CCCN1c1cc(F)c(C(=O)O)c(F)c1.[C-]#[N+]c1ccc(-c2ccc(C[C@H](NC(=O)C3=C(F)C=C(N4CCC[C@@H]4C)CC3F)C(=O)O)c3cccnc23)c(Cl)c1. The summed E-state index contributed by atoms with van der Waals surface area (Å²) in [6.07, 6.45) is 7.17. The minimum absolute atomic E-state index is 0.143. The molecule has 4 N–H and O–H groups in total. The second-order valence-electron chi connectivity index (χ2n) is 18.8. The summed E-state index contributed by atoms with van der Waals surface area (Å²) in [5.74, 6) is -9.96. The molecule has 5 aromatic rings. The standard InChI is InChI=1S/C31H27ClF2N4O3.C12H13F2NO2.C8H5BrF2O2.C5H11N/c1-17-5-4-12-38(17)20-15-25(33)28(26(34)16-20)30(39)37-27(31(40)41)13-18-7-9-23(29-21(18)6-3-11-36-29)22-10-8-19(35-2)14-24(22)32;1-7-3-2-4-15(7)8-5-9(13)11(12(16)17)10(14)6-8;1-13-8(12)7-5(10)2-4(9)3-6(7)11;1-5-3-2-4-6-5/h3,6-11,14-15,17,26-27H,4-5,12-13,16H2,1H3,(H,37,39)(H,40,41);5-7H,2-4H2,1H3,(H,16,17);2-3H,1H3;5-6H,2-4H2,1H3/t17-,26?,27-;7-;;5-/m00.0/s1. The molecule has 4 heterocycles. The van der Waals surface area contributed by atoms with Crippen LogP contribution in [0.25, 0.3) is 26.9 Å². The van der Waals surface area contributed by atoms with E-state index < -0.39 is 81.8 Å². The summed E-state index contributed by atoms with van der Waals surface area (Å²) >= 11 is 9.33. The molecule has 0 radical (unpaired) electrons. The van der Waals surface area contributed by atoms with Crippen LogP contribution in [0.2, 0.25) is 5.02 Å². The van der Waals surface area contributed by atoms with Crippen LogP contribution in [0.1, 0.15) is 92.0 Å². The number of rotatable bonds is 10. The molecular formula is C56H56BrClF6N6O7. The third-order valence-corrected chi connectivity index (χ3v) is 14.3. The number of carboxylic acid groups (broad SMARTS) is 2. The van der Waals surface area contributed by atoms with Crippen molar-refractivity contribution in [2.24, 2.45) is 0 Å². The summed E-state index contributed by atoms with van der Waals surface area (Å²) in [5.41, 5.74) is 1.52. The highest BCUT2D eigenvalue weighted by Gasteiger charge is 2.35. The summed E-state index contributed by atoms with van der Waals surface area (Å²) < 4.78 is 87.6. The van der Waals surface area contributed by atoms with Crippen molar-refractivity contribution in [3.63, 3.8) is 0 Å². The number of nitrogens with one attached hydrogen (secondary N) is 2. The maximum atomic E-state index is 15.1. The van der Waals surface area contributed by atoms with Crippen molar-refractivity contribution in [3.05, 3.63) is 157 Å². The maximum absolute atomic E-state index is 15.1. The molecule has 1 unspecified atom stereocenters. The van der Waals surface area contributed by atoms with E-state index in [1.54, 1.807) is 48.7 Å². The van der Waals surface area contributed by atoms with Crippen LogP contribution in [0.5, 0.6) is 0 Å². The van der Waals surface area contributed by atoms with Crippen molar-refractivity contribution in [3.8, 4) is 11.1 Å². The zero-order valence-corrected chi connectivity index (χ0v) is 44.8. The zero-order chi connectivity index (χ0) is 56.2. The molecule has 0 saturated carbocycles. The number of carbonyl (C=O) groups excluding carboxylic acids is 2. The van der Waals surface area contributed by atoms with Gasteiger partial charge in [-0.1, -0.05) is 57.9 Å². The van der Waals surface area contributed by atoms with Crippen LogP contribution in [0.3, 0.4) is 0 Å². The Hall–Kier alpha value is -6.95. The number of carbonyl (C=O) groups is 4. The van der Waals surface area contributed by atoms with Crippen LogP contribution in [0, 0.1) is 29.8 Å². The van der Waals surface area contributed by atoms with Crippen LogP contribution in [-0.4, -0.2) is 101 Å². The van der Waals surface area contributed by atoms with Crippen LogP contribution in [0.15, 0.2) is 101 Å². The Kier molecular flexibility index (Phi) is 20.7. The predicted octanol–water partition coefficient (Wildman–Crippen LogP) is 12.5. The highest BCUT2D eigenvalue weighted by atomic mass is 79.9. The van der Waals surface area contributed by atoms with Crippen molar-refractivity contribution in [1.82, 2.24) is 20.5 Å². The molecule has 4 aliphatic rings. The zero-order valence-electron chi connectivity index (χ0n) is 42.4. The molecule has 9 rings (SSSR count). The number of aromatic carboxylic acids is 1. The summed E-state index contributed by atoms with van der Waals surface area (Å²) in [6, 6.07) is 15.8. The molecule has 1 aliphatic carbocycles. The molecule has 0 spiro atoms. The van der Waals surface area contributed by atoms with Crippen molar-refractivity contribution in [1.29, 1.82) is 0 Å². The van der Waals surface area contributed by atoms with E-state index >= 15 is 8.78 Å². The van der Waals surface area contributed by atoms with Crippen LogP contribution >= 0.6 is 27.5 Å². The van der Waals surface area contributed by atoms with E-state index in [0.717, 1.165) is 69.6 Å². The van der Waals surface area contributed by atoms with Gasteiger partial charge < -0.3 is 35.4 Å². The van der Waals surface area contributed by atoms with Gasteiger partial charge in [0.05, 0.1) is 24.8 Å². The Balaban J connectivity index is 0.000000215. The quantitative estimate of drug-likeness (QED) is 0.0597. The normalized spacial score (nSPS) is 19.1. The van der Waals surface area contributed by atoms with E-state index in [0.29, 0.717) is 56.2 Å². The number of nitrogens with zero attached hydrogens (tertiary/aromatic N) is 4. The molecule has 3 saturated heterocycles. The van der Waals surface area contributed by atoms with Gasteiger partial charge >= 0.3 is 17.9 Å². The molecule has 13 nitrogen and oxygen atoms in total. The predicted molar refractivity (Wildman–Crippen MR) is 284 cm³/mol. The lowest BCUT2D eigenvalue weighted by Gasteiger charge is -2.30. The number of aromatic nitrogens is 1. The first kappa shape index (κ1) is 59.3. The Morgan fingerprint density at radius 1 is 0.870 bits per heavy atom. The summed E-state index contributed by atoms with van der Waals surface area (Å²) in [4.78, 5) is 58.4. The summed E-state index contributed by atoms with van der Waals surface area (Å²) in [5, 5.41) is 25.2. The molecule has 5 atom stereocenters. The van der Waals surface area contributed by atoms with Crippen molar-refractivity contribution >= 4 is 73.6 Å². The Morgan fingerprint density at radius 3 is 2.00 bits per heavy atom. The van der Waals surface area contributed by atoms with Gasteiger partial charge in [0.15, 0.2) is 5.69 Å². The lowest BCUT2D eigenvalue weighted by molar-refractivity contribution is -0.141. The lowest BCUT2D eigenvalue weighted by Crippen LogP contribution is -2.45. The van der Waals surface area contributed by atoms with Crippen molar-refractivity contribution in [2.75, 3.05) is 31.6 Å². The minimum Gasteiger partial charge on any atom is -0.480 e. The molecule has 77 heavy (non-hydrogen) atoms. The Bertz CT molecular complexity index is 3090. The number of aliphatic carboxylic acids is 1. The first-order valence-corrected chi connectivity index (χ1v) is 25.8. The third-order valence-electron chi connectivity index (χ3n) is 13.5. The number of ether oxygens (including phenoxy) is 1. The molecule has 1 aromatic heterocycles. The number of methoxy groups -OCH3 is 1. The number of amides is 1. The maximum Gasteiger partial charge on any atom is 0.343 e. The second-order valence-corrected chi connectivity index (χ2v) is 20.1. The monoisotopic (exact) mass is 1150 g/mol. The van der Waals surface area contributed by atoms with Gasteiger partial charge in [-0.3, -0.25) is 9.78 Å². The number of hydrogen-bond acceptors (Lipinski definition) is 9. The lowest BCUT2D eigenvalue weighted by atomic mass is 9.94. The fraction of sp³-hybridized carbons (Fsp3) is 0.357. The minimum atomic E-state index is -1.89. The first-order chi connectivity index (χ1) is 36.6. The number of anilines is 1. The summed E-state index contributed by atoms with van der Waals surface area (Å²) in [7, 11) is 1.06. The second kappa shape index (κ2) is 26.9. The molecule has 21 heteroatoms. The molecule has 4 aromatic carbocycles. The van der Waals surface area contributed by atoms with Gasteiger partial charge in [0.2, 0.25) is 0 Å². The number of fused-ring (bicyclic) bond motifs is 1. The van der Waals surface area contributed by atoms with Crippen LogP contribution in [0.4, 0.5) is 37.7 Å². The van der Waals surface area contributed by atoms with Gasteiger partial charge in [0.1, 0.15) is 52.4 Å². The van der Waals surface area contributed by atoms with E-state index in [2.05, 4.69) is 48.1 Å². The number of allylic oxidation sites excluding steroid dienone is 3. The number of carboxylic acids is 2. The van der Waals surface area contributed by atoms with E-state index in [1.807, 2.05) is 23.6 Å². The van der Waals surface area contributed by atoms with Gasteiger partial charge in [-0.25, -0.2) is 45.6 Å². The average Bonchev–Trinajstić information content (AvgIpc) is 4.16. The average molecular weight is 1150 g/mol. The highest BCUT2D eigenvalue weighted by Crippen LogP contribution is 2.37. The third kappa shape index (κ3) is 14.8. The molecule has 1 amide bonds. The molecule has 0 bridgehead atoms. The van der Waals surface area contributed by atoms with E-state index in [9.17, 15) is 41.8 Å². The van der Waals surface area contributed by atoms with Crippen LogP contribution in [-0.2, 0) is 20.7 Å². The Morgan fingerprint density at radius 2 is 1.49 bits per heavy atom. The molecule has 3 aliphatic heterocycles. The smallest absolute Gasteiger partial charge is 0.343 e. The van der Waals surface area contributed by atoms with Gasteiger partial charge in [-0.2, -0.15) is 0 Å². The molecular weight excluding hydrogens is 1100 g/mol. The number of halogens is 8. The Labute approximate surface area is 454 Å². The molecule has 3 fully saturated rings. The van der Waals surface area contributed by atoms with Gasteiger partial charge in [-0.15, -0.1) is 0 Å². The first-order valence-electron chi connectivity index (χ1n) is 24.7. The number of esters is 1. The number of alkyl halides is 1. The summed E-state index contributed by atoms with van der Waals surface area (Å²) in [6.45, 7) is 16.1. The number of pyridine rings is 1. The van der Waals surface area contributed by atoms with Gasteiger partial charge in [-0.05, 0) is 119 Å². The molecule has 408 valence electrons.